The quantitative estimate of drug-likeness (QED) is 0.328. The highest BCUT2D eigenvalue weighted by molar-refractivity contribution is 5.99. The number of benzene rings is 3. The van der Waals surface area contributed by atoms with E-state index in [1.807, 2.05) is 19.2 Å². The lowest BCUT2D eigenvalue weighted by Gasteiger charge is -2.24. The summed E-state index contributed by atoms with van der Waals surface area (Å²) in [5, 5.41) is 14.1. The third-order valence-corrected chi connectivity index (χ3v) is 7.81. The topological polar surface area (TPSA) is 63.5 Å². The van der Waals surface area contributed by atoms with Crippen molar-refractivity contribution in [3.05, 3.63) is 77.4 Å². The van der Waals surface area contributed by atoms with E-state index in [0.717, 1.165) is 34.5 Å². The number of carbonyl (C=O) groups is 1. The van der Waals surface area contributed by atoms with Crippen molar-refractivity contribution in [3.8, 4) is 28.1 Å². The van der Waals surface area contributed by atoms with Crippen LogP contribution in [0.25, 0.3) is 33.3 Å². The molecule has 36 heavy (non-hydrogen) atoms. The fraction of sp³-hybridized carbons (Fsp3) is 0.323. The maximum Gasteiger partial charge on any atom is 0.335 e. The first-order valence-corrected chi connectivity index (χ1v) is 13.0. The van der Waals surface area contributed by atoms with Crippen LogP contribution in [0.2, 0.25) is 0 Å². The number of hydrogen-bond acceptors (Lipinski definition) is 3. The van der Waals surface area contributed by atoms with E-state index < -0.39 is 5.97 Å². The van der Waals surface area contributed by atoms with Crippen LogP contribution in [0.4, 0.5) is 0 Å². The number of carboxylic acid groups (broad SMARTS) is 1. The molecule has 0 bridgehead atoms. The van der Waals surface area contributed by atoms with Gasteiger partial charge in [-0.1, -0.05) is 55.7 Å². The molecule has 1 aliphatic carbocycles. The predicted octanol–water partition coefficient (Wildman–Crippen LogP) is 6.83. The zero-order chi connectivity index (χ0) is 24.6. The summed E-state index contributed by atoms with van der Waals surface area (Å²) >= 11 is 0. The van der Waals surface area contributed by atoms with Gasteiger partial charge in [-0.15, -0.1) is 0 Å². The van der Waals surface area contributed by atoms with Crippen LogP contribution in [-0.2, 0) is 13.1 Å². The largest absolute Gasteiger partial charge is 0.490 e. The number of rotatable bonds is 5. The lowest BCUT2D eigenvalue weighted by Crippen LogP contribution is -2.07. The van der Waals surface area contributed by atoms with E-state index in [2.05, 4.69) is 52.3 Å². The Morgan fingerprint density at radius 3 is 2.64 bits per heavy atom. The number of hydrogen-bond donors (Lipinski definition) is 2. The highest BCUT2D eigenvalue weighted by Crippen LogP contribution is 2.49. The first kappa shape index (κ1) is 22.9. The smallest absolute Gasteiger partial charge is 0.335 e. The Morgan fingerprint density at radius 2 is 1.83 bits per heavy atom. The summed E-state index contributed by atoms with van der Waals surface area (Å²) in [6, 6.07) is 20.7. The molecule has 5 heteroatoms. The van der Waals surface area contributed by atoms with Crippen molar-refractivity contribution < 1.29 is 14.6 Å². The van der Waals surface area contributed by atoms with Gasteiger partial charge < -0.3 is 19.7 Å². The van der Waals surface area contributed by atoms with Crippen molar-refractivity contribution in [2.24, 2.45) is 0 Å². The molecule has 1 aromatic heterocycles. The predicted molar refractivity (Wildman–Crippen MR) is 144 cm³/mol. The van der Waals surface area contributed by atoms with Gasteiger partial charge in [0, 0.05) is 28.6 Å². The molecule has 0 atom stereocenters. The highest BCUT2D eigenvalue weighted by Gasteiger charge is 2.30. The van der Waals surface area contributed by atoms with E-state index in [-0.39, 0.29) is 0 Å². The van der Waals surface area contributed by atoms with E-state index in [1.165, 1.54) is 54.3 Å². The molecule has 2 aliphatic rings. The summed E-state index contributed by atoms with van der Waals surface area (Å²) in [5.74, 6) is 0.513. The molecular formula is C31H32N2O3. The molecule has 0 saturated heterocycles. The minimum atomic E-state index is -0.888. The molecule has 1 aliphatic heterocycles. The van der Waals surface area contributed by atoms with Gasteiger partial charge in [0.2, 0.25) is 0 Å². The lowest BCUT2D eigenvalue weighted by atomic mass is 9.81. The van der Waals surface area contributed by atoms with Gasteiger partial charge in [-0.3, -0.25) is 0 Å². The average Bonchev–Trinajstić information content (AvgIpc) is 3.10. The van der Waals surface area contributed by atoms with Gasteiger partial charge in [0.15, 0.2) is 0 Å². The van der Waals surface area contributed by atoms with Crippen LogP contribution in [-0.4, -0.2) is 29.3 Å². The van der Waals surface area contributed by atoms with Crippen LogP contribution < -0.4 is 10.1 Å². The van der Waals surface area contributed by atoms with Gasteiger partial charge in [0.1, 0.15) is 12.4 Å². The molecule has 0 amide bonds. The van der Waals surface area contributed by atoms with Gasteiger partial charge in [-0.25, -0.2) is 4.79 Å². The minimum absolute atomic E-state index is 0.332. The number of carboxylic acids is 1. The SMILES string of the molecule is CNCc1cccc(-c2cccc3c2OCCn2c-3c(C3CCCCC3)c3ccc(C(=O)O)cc32)c1. The fourth-order valence-corrected chi connectivity index (χ4v) is 6.23. The summed E-state index contributed by atoms with van der Waals surface area (Å²) in [5.41, 5.74) is 8.51. The number of aromatic nitrogens is 1. The summed E-state index contributed by atoms with van der Waals surface area (Å²) in [6.07, 6.45) is 6.13. The summed E-state index contributed by atoms with van der Waals surface area (Å²) in [7, 11) is 1.96. The van der Waals surface area contributed by atoms with Crippen LogP contribution in [0.1, 0.15) is 59.5 Å². The molecule has 1 saturated carbocycles. The van der Waals surface area contributed by atoms with Crippen LogP contribution in [0.5, 0.6) is 5.75 Å². The Hall–Kier alpha value is -3.57. The maximum atomic E-state index is 11.8. The van der Waals surface area contributed by atoms with Gasteiger partial charge in [-0.2, -0.15) is 0 Å². The summed E-state index contributed by atoms with van der Waals surface area (Å²) < 4.78 is 8.81. The molecule has 4 aromatic rings. The Balaban J connectivity index is 1.61. The van der Waals surface area contributed by atoms with Crippen molar-refractivity contribution in [1.29, 1.82) is 0 Å². The van der Waals surface area contributed by atoms with Crippen LogP contribution in [0, 0.1) is 0 Å². The zero-order valence-corrected chi connectivity index (χ0v) is 20.7. The molecule has 6 rings (SSSR count). The van der Waals surface area contributed by atoms with Crippen molar-refractivity contribution in [3.63, 3.8) is 0 Å². The van der Waals surface area contributed by atoms with Crippen LogP contribution >= 0.6 is 0 Å². The molecule has 2 heterocycles. The summed E-state index contributed by atoms with van der Waals surface area (Å²) in [6.45, 7) is 2.05. The van der Waals surface area contributed by atoms with Gasteiger partial charge >= 0.3 is 5.97 Å². The second-order valence-corrected chi connectivity index (χ2v) is 10.0. The normalized spacial score (nSPS) is 15.7. The van der Waals surface area contributed by atoms with Crippen molar-refractivity contribution >= 4 is 16.9 Å². The van der Waals surface area contributed by atoms with E-state index in [9.17, 15) is 9.90 Å². The van der Waals surface area contributed by atoms with Crippen LogP contribution in [0.15, 0.2) is 60.7 Å². The van der Waals surface area contributed by atoms with Crippen molar-refractivity contribution in [2.75, 3.05) is 13.7 Å². The first-order valence-electron chi connectivity index (χ1n) is 13.0. The number of aromatic carboxylic acids is 1. The molecular weight excluding hydrogens is 448 g/mol. The molecule has 2 N–H and O–H groups in total. The number of nitrogens with zero attached hydrogens (tertiary/aromatic N) is 1. The van der Waals surface area contributed by atoms with Gasteiger partial charge in [0.25, 0.3) is 0 Å². The second-order valence-electron chi connectivity index (χ2n) is 10.0. The molecule has 1 fully saturated rings. The number of para-hydroxylation sites is 1. The highest BCUT2D eigenvalue weighted by atomic mass is 16.5. The Labute approximate surface area is 211 Å². The number of nitrogens with one attached hydrogen (secondary N) is 1. The first-order chi connectivity index (χ1) is 17.7. The fourth-order valence-electron chi connectivity index (χ4n) is 6.23. The van der Waals surface area contributed by atoms with E-state index in [1.54, 1.807) is 6.07 Å². The molecule has 5 nitrogen and oxygen atoms in total. The average molecular weight is 481 g/mol. The molecule has 0 spiro atoms. The Morgan fingerprint density at radius 1 is 1.03 bits per heavy atom. The van der Waals surface area contributed by atoms with Gasteiger partial charge in [0.05, 0.1) is 17.8 Å². The Kier molecular flexibility index (Phi) is 6.02. The lowest BCUT2D eigenvalue weighted by molar-refractivity contribution is 0.0697. The minimum Gasteiger partial charge on any atom is -0.490 e. The molecule has 3 aromatic carbocycles. The van der Waals surface area contributed by atoms with E-state index >= 15 is 0 Å². The second kappa shape index (κ2) is 9.47. The molecule has 0 radical (unpaired) electrons. The summed E-state index contributed by atoms with van der Waals surface area (Å²) in [4.78, 5) is 11.8. The Bertz CT molecular complexity index is 1450. The van der Waals surface area contributed by atoms with Crippen LogP contribution in [0.3, 0.4) is 0 Å². The van der Waals surface area contributed by atoms with E-state index in [0.29, 0.717) is 24.6 Å². The van der Waals surface area contributed by atoms with Crippen molar-refractivity contribution in [2.45, 2.75) is 51.1 Å². The third-order valence-electron chi connectivity index (χ3n) is 7.81. The number of ether oxygens (including phenoxy) is 1. The number of fused-ring (bicyclic) bond motifs is 5. The monoisotopic (exact) mass is 480 g/mol. The standard InChI is InChI=1S/C31H32N2O3/c1-32-19-20-7-5-10-22(17-20)24-11-6-12-26-29-28(21-8-3-2-4-9-21)25-14-13-23(31(34)35)18-27(25)33(29)15-16-36-30(24)26/h5-7,10-14,17-18,21,32H,2-4,8-9,15-16,19H2,1H3,(H,34,35). The molecule has 184 valence electrons. The maximum absolute atomic E-state index is 11.8. The van der Waals surface area contributed by atoms with Crippen molar-refractivity contribution in [1.82, 2.24) is 9.88 Å². The molecule has 0 unspecified atom stereocenters. The third kappa shape index (κ3) is 3.88. The van der Waals surface area contributed by atoms with Gasteiger partial charge in [-0.05, 0) is 66.8 Å². The zero-order valence-electron chi connectivity index (χ0n) is 20.7. The van der Waals surface area contributed by atoms with E-state index in [4.69, 9.17) is 4.74 Å².